The number of nitrogens with one attached hydrogen (secondary N) is 2. The normalized spacial score (nSPS) is 10.5. The lowest BCUT2D eigenvalue weighted by Crippen LogP contribution is -2.12. The van der Waals surface area contributed by atoms with Crippen LogP contribution in [0.25, 0.3) is 10.9 Å². The highest BCUT2D eigenvalue weighted by Crippen LogP contribution is 2.21. The number of benzene rings is 2. The lowest BCUT2D eigenvalue weighted by atomic mass is 10.1. The summed E-state index contributed by atoms with van der Waals surface area (Å²) in [6, 6.07) is 11.2. The molecule has 2 aromatic carbocycles. The van der Waals surface area contributed by atoms with Gasteiger partial charge >= 0.3 is 5.97 Å². The number of H-pyrrole nitrogens is 1. The van der Waals surface area contributed by atoms with Crippen LogP contribution in [-0.4, -0.2) is 27.2 Å². The molecule has 0 saturated carbocycles. The van der Waals surface area contributed by atoms with Gasteiger partial charge in [0, 0.05) is 28.8 Å². The monoisotopic (exact) mass is 321 g/mol. The van der Waals surface area contributed by atoms with Crippen molar-refractivity contribution in [1.82, 2.24) is 10.2 Å². The standard InChI is InChI=1S/C18H15N3O3/c1-2-3-15-14-10-13(8-9-16(14)21-20-15)19-17(22)11-4-6-12(7-5-11)18(23)24/h2,4-10H,1,3H2,(H,19,22)(H,20,21)(H,23,24). The van der Waals surface area contributed by atoms with Gasteiger partial charge in [0.05, 0.1) is 11.1 Å². The number of carboxylic acids is 1. The minimum absolute atomic E-state index is 0.139. The van der Waals surface area contributed by atoms with E-state index in [9.17, 15) is 9.59 Å². The van der Waals surface area contributed by atoms with Gasteiger partial charge in [-0.25, -0.2) is 4.79 Å². The van der Waals surface area contributed by atoms with Crippen molar-refractivity contribution >= 4 is 28.5 Å². The number of amides is 1. The maximum atomic E-state index is 12.3. The number of carboxylic acid groups (broad SMARTS) is 1. The van der Waals surface area contributed by atoms with Gasteiger partial charge in [0.15, 0.2) is 0 Å². The average Bonchev–Trinajstić information content (AvgIpc) is 2.98. The topological polar surface area (TPSA) is 95.1 Å². The van der Waals surface area contributed by atoms with Crippen LogP contribution >= 0.6 is 0 Å². The molecule has 0 atom stereocenters. The highest BCUT2D eigenvalue weighted by atomic mass is 16.4. The third-order valence-corrected chi connectivity index (χ3v) is 3.63. The summed E-state index contributed by atoms with van der Waals surface area (Å²) < 4.78 is 0. The van der Waals surface area contributed by atoms with E-state index < -0.39 is 5.97 Å². The fourth-order valence-corrected chi connectivity index (χ4v) is 2.41. The van der Waals surface area contributed by atoms with E-state index in [4.69, 9.17) is 5.11 Å². The van der Waals surface area contributed by atoms with Crippen LogP contribution in [-0.2, 0) is 6.42 Å². The molecule has 0 aliphatic heterocycles. The van der Waals surface area contributed by atoms with Gasteiger partial charge in [0.25, 0.3) is 5.91 Å². The largest absolute Gasteiger partial charge is 0.478 e. The van der Waals surface area contributed by atoms with E-state index in [1.165, 1.54) is 24.3 Å². The van der Waals surface area contributed by atoms with Crippen molar-refractivity contribution in [2.75, 3.05) is 5.32 Å². The van der Waals surface area contributed by atoms with Gasteiger partial charge in [-0.3, -0.25) is 9.89 Å². The Kier molecular flexibility index (Phi) is 4.11. The van der Waals surface area contributed by atoms with Crippen LogP contribution in [0.1, 0.15) is 26.4 Å². The number of rotatable bonds is 5. The van der Waals surface area contributed by atoms with Crippen LogP contribution in [0.15, 0.2) is 55.1 Å². The third kappa shape index (κ3) is 3.03. The second kappa shape index (κ2) is 6.37. The number of hydrogen-bond donors (Lipinski definition) is 3. The highest BCUT2D eigenvalue weighted by molar-refractivity contribution is 6.05. The fourth-order valence-electron chi connectivity index (χ4n) is 2.41. The van der Waals surface area contributed by atoms with E-state index in [0.717, 1.165) is 16.6 Å². The first-order chi connectivity index (χ1) is 11.6. The maximum Gasteiger partial charge on any atom is 0.335 e. The molecule has 0 fully saturated rings. The summed E-state index contributed by atoms with van der Waals surface area (Å²) in [7, 11) is 0. The van der Waals surface area contributed by atoms with Crippen molar-refractivity contribution < 1.29 is 14.7 Å². The molecule has 0 unspecified atom stereocenters. The van der Waals surface area contributed by atoms with Gasteiger partial charge in [-0.05, 0) is 42.5 Å². The highest BCUT2D eigenvalue weighted by Gasteiger charge is 2.10. The van der Waals surface area contributed by atoms with E-state index >= 15 is 0 Å². The molecule has 0 radical (unpaired) electrons. The van der Waals surface area contributed by atoms with Crippen LogP contribution < -0.4 is 5.32 Å². The van der Waals surface area contributed by atoms with Crippen molar-refractivity contribution in [3.8, 4) is 0 Å². The van der Waals surface area contributed by atoms with Crippen molar-refractivity contribution in [1.29, 1.82) is 0 Å². The van der Waals surface area contributed by atoms with Crippen LogP contribution in [0.2, 0.25) is 0 Å². The first-order valence-corrected chi connectivity index (χ1v) is 7.31. The Balaban J connectivity index is 1.83. The molecule has 1 heterocycles. The summed E-state index contributed by atoms with van der Waals surface area (Å²) in [6.45, 7) is 3.71. The average molecular weight is 321 g/mol. The predicted octanol–water partition coefficient (Wildman–Crippen LogP) is 3.24. The SMILES string of the molecule is C=CCc1[nH]nc2ccc(NC(=O)c3ccc(C(=O)O)cc3)cc12. The number of hydrogen-bond acceptors (Lipinski definition) is 3. The number of aromatic nitrogens is 2. The number of carbonyl (C=O) groups is 2. The quantitative estimate of drug-likeness (QED) is 0.629. The Bertz CT molecular complexity index is 926. The van der Waals surface area contributed by atoms with Gasteiger partial charge in [0.2, 0.25) is 0 Å². The number of nitrogens with zero attached hydrogens (tertiary/aromatic N) is 1. The molecule has 0 saturated heterocycles. The van der Waals surface area contributed by atoms with Crippen molar-refractivity contribution in [2.45, 2.75) is 6.42 Å². The molecular weight excluding hydrogens is 306 g/mol. The first-order valence-electron chi connectivity index (χ1n) is 7.31. The molecule has 24 heavy (non-hydrogen) atoms. The molecule has 0 bridgehead atoms. The zero-order valence-electron chi connectivity index (χ0n) is 12.7. The number of fused-ring (bicyclic) bond motifs is 1. The Hall–Kier alpha value is -3.41. The Morgan fingerprint density at radius 1 is 1.17 bits per heavy atom. The molecule has 6 heteroatoms. The molecule has 120 valence electrons. The summed E-state index contributed by atoms with van der Waals surface area (Å²) in [5.41, 5.74) is 2.91. The smallest absolute Gasteiger partial charge is 0.335 e. The zero-order valence-corrected chi connectivity index (χ0v) is 12.7. The molecule has 6 nitrogen and oxygen atoms in total. The van der Waals surface area contributed by atoms with Gasteiger partial charge in [-0.2, -0.15) is 5.10 Å². The summed E-state index contributed by atoms with van der Waals surface area (Å²) in [5.74, 6) is -1.33. The second-order valence-corrected chi connectivity index (χ2v) is 5.26. The van der Waals surface area contributed by atoms with Crippen LogP contribution in [0, 0.1) is 0 Å². The summed E-state index contributed by atoms with van der Waals surface area (Å²) in [6.07, 6.45) is 2.44. The minimum Gasteiger partial charge on any atom is -0.478 e. The summed E-state index contributed by atoms with van der Waals surface area (Å²) in [4.78, 5) is 23.1. The van der Waals surface area contributed by atoms with Crippen molar-refractivity contribution in [3.05, 3.63) is 71.9 Å². The first kappa shape index (κ1) is 15.5. The molecule has 0 aliphatic rings. The van der Waals surface area contributed by atoms with Gasteiger partial charge in [0.1, 0.15) is 0 Å². The second-order valence-electron chi connectivity index (χ2n) is 5.26. The van der Waals surface area contributed by atoms with E-state index in [0.29, 0.717) is 17.7 Å². The van der Waals surface area contributed by atoms with Gasteiger partial charge in [-0.1, -0.05) is 6.08 Å². The number of allylic oxidation sites excluding steroid dienone is 1. The van der Waals surface area contributed by atoms with E-state index in [-0.39, 0.29) is 11.5 Å². The Morgan fingerprint density at radius 3 is 2.54 bits per heavy atom. The van der Waals surface area contributed by atoms with Gasteiger partial charge in [-0.15, -0.1) is 6.58 Å². The summed E-state index contributed by atoms with van der Waals surface area (Å²) >= 11 is 0. The lowest BCUT2D eigenvalue weighted by molar-refractivity contribution is 0.0696. The molecule has 1 aromatic heterocycles. The molecule has 3 N–H and O–H groups in total. The van der Waals surface area contributed by atoms with Crippen LogP contribution in [0.5, 0.6) is 0 Å². The molecule has 0 spiro atoms. The predicted molar refractivity (Wildman–Crippen MR) is 91.3 cm³/mol. The minimum atomic E-state index is -1.03. The van der Waals surface area contributed by atoms with Crippen molar-refractivity contribution in [3.63, 3.8) is 0 Å². The summed E-state index contributed by atoms with van der Waals surface area (Å²) in [5, 5.41) is 19.8. The number of aromatic amines is 1. The van der Waals surface area contributed by atoms with E-state index in [2.05, 4.69) is 22.1 Å². The maximum absolute atomic E-state index is 12.3. The van der Waals surface area contributed by atoms with E-state index in [1.54, 1.807) is 12.1 Å². The van der Waals surface area contributed by atoms with Crippen molar-refractivity contribution in [2.24, 2.45) is 0 Å². The number of carbonyl (C=O) groups excluding carboxylic acids is 1. The lowest BCUT2D eigenvalue weighted by Gasteiger charge is -2.06. The van der Waals surface area contributed by atoms with Gasteiger partial charge < -0.3 is 10.4 Å². The molecular formula is C18H15N3O3. The molecule has 1 amide bonds. The molecule has 3 rings (SSSR count). The molecule has 0 aliphatic carbocycles. The third-order valence-electron chi connectivity index (χ3n) is 3.63. The van der Waals surface area contributed by atoms with Crippen LogP contribution in [0.3, 0.4) is 0 Å². The zero-order chi connectivity index (χ0) is 17.1. The Labute approximate surface area is 137 Å². The fraction of sp³-hybridized carbons (Fsp3) is 0.0556. The number of anilines is 1. The Morgan fingerprint density at radius 2 is 1.88 bits per heavy atom. The number of aromatic carboxylic acids is 1. The van der Waals surface area contributed by atoms with Crippen LogP contribution in [0.4, 0.5) is 5.69 Å². The molecule has 3 aromatic rings. The van der Waals surface area contributed by atoms with E-state index in [1.807, 2.05) is 12.1 Å².